The van der Waals surface area contributed by atoms with E-state index in [9.17, 15) is 9.59 Å². The van der Waals surface area contributed by atoms with E-state index in [1.165, 1.54) is 22.4 Å². The quantitative estimate of drug-likeness (QED) is 0.585. The molecule has 0 aliphatic carbocycles. The molecule has 26 heavy (non-hydrogen) atoms. The normalized spacial score (nSPS) is 11.0. The molecule has 0 unspecified atom stereocenters. The van der Waals surface area contributed by atoms with E-state index in [0.717, 1.165) is 33.2 Å². The maximum atomic E-state index is 12.6. The van der Waals surface area contributed by atoms with Gasteiger partial charge in [-0.05, 0) is 29.1 Å². The van der Waals surface area contributed by atoms with Crippen LogP contribution in [0.3, 0.4) is 0 Å². The second-order valence-electron chi connectivity index (χ2n) is 5.70. The SMILES string of the molecule is CN(Cc1ccc2nsnc2c1)C(=O)c1cnc(-c2cccs2)[nH]c1=O. The number of thiophene rings is 1. The summed E-state index contributed by atoms with van der Waals surface area (Å²) in [5.41, 5.74) is 2.12. The number of rotatable bonds is 4. The summed E-state index contributed by atoms with van der Waals surface area (Å²) in [4.78, 5) is 34.2. The van der Waals surface area contributed by atoms with Gasteiger partial charge in [0, 0.05) is 19.8 Å². The Hall–Kier alpha value is -2.91. The van der Waals surface area contributed by atoms with Crippen molar-refractivity contribution in [1.29, 1.82) is 0 Å². The van der Waals surface area contributed by atoms with Crippen LogP contribution in [0.2, 0.25) is 0 Å². The molecule has 9 heteroatoms. The Morgan fingerprint density at radius 3 is 2.85 bits per heavy atom. The molecule has 130 valence electrons. The molecule has 0 spiro atoms. The number of benzene rings is 1. The maximum absolute atomic E-state index is 12.6. The highest BCUT2D eigenvalue weighted by molar-refractivity contribution is 7.13. The summed E-state index contributed by atoms with van der Waals surface area (Å²) in [6.45, 7) is 0.360. The van der Waals surface area contributed by atoms with Gasteiger partial charge in [-0.1, -0.05) is 12.1 Å². The average Bonchev–Trinajstić information content (AvgIpc) is 3.32. The number of nitrogens with one attached hydrogen (secondary N) is 1. The Bertz CT molecular complexity index is 1130. The third-order valence-electron chi connectivity index (χ3n) is 3.87. The predicted molar refractivity (Wildman–Crippen MR) is 101 cm³/mol. The molecule has 3 aromatic heterocycles. The van der Waals surface area contributed by atoms with Crippen LogP contribution in [0.1, 0.15) is 15.9 Å². The van der Waals surface area contributed by atoms with Crippen LogP contribution >= 0.6 is 23.1 Å². The summed E-state index contributed by atoms with van der Waals surface area (Å²) in [6.07, 6.45) is 1.33. The summed E-state index contributed by atoms with van der Waals surface area (Å²) >= 11 is 2.62. The average molecular weight is 383 g/mol. The first-order valence-electron chi connectivity index (χ1n) is 7.71. The fourth-order valence-corrected chi connectivity index (χ4v) is 3.76. The molecule has 4 rings (SSSR count). The Morgan fingerprint density at radius 2 is 2.08 bits per heavy atom. The summed E-state index contributed by atoms with van der Waals surface area (Å²) in [5.74, 6) is 0.0821. The van der Waals surface area contributed by atoms with E-state index < -0.39 is 5.56 Å². The van der Waals surface area contributed by atoms with E-state index in [1.807, 2.05) is 35.7 Å². The minimum absolute atomic E-state index is 0.0178. The predicted octanol–water partition coefficient (Wildman–Crippen LogP) is 2.78. The minimum Gasteiger partial charge on any atom is -0.337 e. The van der Waals surface area contributed by atoms with Gasteiger partial charge in [-0.15, -0.1) is 11.3 Å². The number of fused-ring (bicyclic) bond motifs is 1. The molecule has 0 aliphatic rings. The van der Waals surface area contributed by atoms with Gasteiger partial charge in [-0.25, -0.2) is 4.98 Å². The van der Waals surface area contributed by atoms with Crippen LogP contribution in [-0.2, 0) is 6.54 Å². The van der Waals surface area contributed by atoms with Crippen molar-refractivity contribution in [2.75, 3.05) is 7.05 Å². The van der Waals surface area contributed by atoms with Crippen LogP contribution in [0.5, 0.6) is 0 Å². The second-order valence-corrected chi connectivity index (χ2v) is 7.18. The summed E-state index contributed by atoms with van der Waals surface area (Å²) in [5, 5.41) is 1.90. The van der Waals surface area contributed by atoms with Crippen LogP contribution < -0.4 is 5.56 Å². The number of H-pyrrole nitrogens is 1. The lowest BCUT2D eigenvalue weighted by molar-refractivity contribution is 0.0783. The zero-order chi connectivity index (χ0) is 18.1. The number of hydrogen-bond acceptors (Lipinski definition) is 7. The molecule has 3 heterocycles. The molecule has 1 amide bonds. The molecule has 0 saturated heterocycles. The van der Waals surface area contributed by atoms with Gasteiger partial charge in [-0.2, -0.15) is 8.75 Å². The van der Waals surface area contributed by atoms with Gasteiger partial charge in [0.05, 0.1) is 16.6 Å². The Balaban J connectivity index is 1.55. The van der Waals surface area contributed by atoms with Crippen molar-refractivity contribution in [2.24, 2.45) is 0 Å². The van der Waals surface area contributed by atoms with Gasteiger partial charge >= 0.3 is 0 Å². The summed E-state index contributed by atoms with van der Waals surface area (Å²) in [6, 6.07) is 9.40. The number of carbonyl (C=O) groups excluding carboxylic acids is 1. The van der Waals surface area contributed by atoms with Gasteiger partial charge in [0.2, 0.25) is 0 Å². The molecule has 1 aromatic carbocycles. The minimum atomic E-state index is -0.445. The monoisotopic (exact) mass is 383 g/mol. The highest BCUT2D eigenvalue weighted by Crippen LogP contribution is 2.19. The van der Waals surface area contributed by atoms with Gasteiger partial charge in [0.25, 0.3) is 11.5 Å². The van der Waals surface area contributed by atoms with E-state index in [0.29, 0.717) is 12.4 Å². The van der Waals surface area contributed by atoms with E-state index in [2.05, 4.69) is 18.7 Å². The largest absolute Gasteiger partial charge is 0.337 e. The fourth-order valence-electron chi connectivity index (χ4n) is 2.56. The first-order chi connectivity index (χ1) is 12.6. The molecule has 0 aliphatic heterocycles. The second kappa shape index (κ2) is 6.77. The van der Waals surface area contributed by atoms with Crippen molar-refractivity contribution >= 4 is 40.0 Å². The number of nitrogens with zero attached hydrogens (tertiary/aromatic N) is 4. The maximum Gasteiger partial charge on any atom is 0.264 e. The topological polar surface area (TPSA) is 91.8 Å². The molecule has 1 N–H and O–H groups in total. The number of carbonyl (C=O) groups is 1. The first kappa shape index (κ1) is 16.6. The number of aromatic nitrogens is 4. The molecule has 0 saturated carbocycles. The number of aromatic amines is 1. The lowest BCUT2D eigenvalue weighted by Gasteiger charge is -2.16. The molecular weight excluding hydrogens is 370 g/mol. The molecule has 0 atom stereocenters. The summed E-state index contributed by atoms with van der Waals surface area (Å²) < 4.78 is 8.36. The van der Waals surface area contributed by atoms with Gasteiger partial charge < -0.3 is 9.88 Å². The molecule has 0 radical (unpaired) electrons. The lowest BCUT2D eigenvalue weighted by Crippen LogP contribution is -2.31. The molecule has 0 bridgehead atoms. The van der Waals surface area contributed by atoms with E-state index >= 15 is 0 Å². The number of hydrogen-bond donors (Lipinski definition) is 1. The third-order valence-corrected chi connectivity index (χ3v) is 5.30. The van der Waals surface area contributed by atoms with Crippen LogP contribution in [-0.4, -0.2) is 36.6 Å². The molecule has 0 fully saturated rings. The van der Waals surface area contributed by atoms with Crippen molar-refractivity contribution in [3.8, 4) is 10.7 Å². The van der Waals surface area contributed by atoms with Crippen LogP contribution in [0, 0.1) is 0 Å². The molecule has 4 aromatic rings. The molecular formula is C17H13N5O2S2. The van der Waals surface area contributed by atoms with Crippen LogP contribution in [0.25, 0.3) is 21.7 Å². The van der Waals surface area contributed by atoms with Crippen molar-refractivity contribution in [2.45, 2.75) is 6.54 Å². The highest BCUT2D eigenvalue weighted by Gasteiger charge is 2.17. The van der Waals surface area contributed by atoms with E-state index in [1.54, 1.807) is 7.05 Å². The lowest BCUT2D eigenvalue weighted by atomic mass is 10.2. The van der Waals surface area contributed by atoms with Crippen LogP contribution in [0.4, 0.5) is 0 Å². The summed E-state index contributed by atoms with van der Waals surface area (Å²) in [7, 11) is 1.65. The Morgan fingerprint density at radius 1 is 1.23 bits per heavy atom. The van der Waals surface area contributed by atoms with Gasteiger partial charge in [0.15, 0.2) is 0 Å². The Labute approximate surface area is 156 Å². The molecule has 7 nitrogen and oxygen atoms in total. The third kappa shape index (κ3) is 3.14. The van der Waals surface area contributed by atoms with E-state index in [-0.39, 0.29) is 11.5 Å². The zero-order valence-corrected chi connectivity index (χ0v) is 15.3. The van der Waals surface area contributed by atoms with Crippen molar-refractivity contribution < 1.29 is 4.79 Å². The van der Waals surface area contributed by atoms with Gasteiger partial charge in [0.1, 0.15) is 22.4 Å². The van der Waals surface area contributed by atoms with Gasteiger partial charge in [-0.3, -0.25) is 9.59 Å². The Kier molecular flexibility index (Phi) is 4.31. The zero-order valence-electron chi connectivity index (χ0n) is 13.7. The highest BCUT2D eigenvalue weighted by atomic mass is 32.1. The van der Waals surface area contributed by atoms with Crippen LogP contribution in [0.15, 0.2) is 46.7 Å². The standard InChI is InChI=1S/C17H13N5O2S2/c1-22(9-10-4-5-12-13(7-10)21-26-20-12)17(24)11-8-18-15(19-16(11)23)14-3-2-6-25-14/h2-8H,9H2,1H3,(H,18,19,23). The van der Waals surface area contributed by atoms with Crippen molar-refractivity contribution in [1.82, 2.24) is 23.6 Å². The smallest absolute Gasteiger partial charge is 0.264 e. The first-order valence-corrected chi connectivity index (χ1v) is 9.32. The van der Waals surface area contributed by atoms with Crippen molar-refractivity contribution in [3.05, 3.63) is 63.4 Å². The fraction of sp³-hybridized carbons (Fsp3) is 0.118. The van der Waals surface area contributed by atoms with Crippen molar-refractivity contribution in [3.63, 3.8) is 0 Å². The van der Waals surface area contributed by atoms with E-state index in [4.69, 9.17) is 0 Å². The number of amides is 1.